The number of hydrogen-bond donors (Lipinski definition) is 1. The van der Waals surface area contributed by atoms with Crippen LogP contribution in [-0.4, -0.2) is 10.4 Å². The predicted octanol–water partition coefficient (Wildman–Crippen LogP) is 2.97. The highest BCUT2D eigenvalue weighted by molar-refractivity contribution is 5.42. The van der Waals surface area contributed by atoms with Crippen LogP contribution >= 0.6 is 0 Å². The molecule has 96 valence electrons. The molecule has 18 heavy (non-hydrogen) atoms. The van der Waals surface area contributed by atoms with Gasteiger partial charge in [-0.2, -0.15) is 0 Å². The molecule has 0 saturated heterocycles. The van der Waals surface area contributed by atoms with E-state index in [4.69, 9.17) is 5.73 Å². The minimum atomic E-state index is -0.227. The molecular weight excluding hydrogens is 220 g/mol. The maximum Gasteiger partial charge on any atom is 0.102 e. The van der Waals surface area contributed by atoms with Crippen LogP contribution in [0.25, 0.3) is 0 Å². The normalized spacial score (nSPS) is 35.3. The molecule has 2 heteroatoms. The van der Waals surface area contributed by atoms with Crippen LogP contribution in [0.5, 0.6) is 0 Å². The summed E-state index contributed by atoms with van der Waals surface area (Å²) in [5.41, 5.74) is 10.2. The van der Waals surface area contributed by atoms with E-state index in [1.54, 1.807) is 0 Å². The van der Waals surface area contributed by atoms with Gasteiger partial charge in [0.2, 0.25) is 0 Å². The molecule has 1 aromatic rings. The van der Waals surface area contributed by atoms with Gasteiger partial charge in [0.1, 0.15) is 5.66 Å². The topological polar surface area (TPSA) is 29.3 Å². The molecule has 1 aromatic carbocycles. The van der Waals surface area contributed by atoms with Gasteiger partial charge in [-0.25, -0.2) is 0 Å². The maximum absolute atomic E-state index is 7.01. The Hall–Kier alpha value is -0.860. The standard InChI is InChI=1S/C16H22N2/c1-14(7-8-14)16(17)13-6-4-3-5-12(13)11-18(16)15(2)9-10-15/h3-6H,7-11,17H2,1-2H3. The summed E-state index contributed by atoms with van der Waals surface area (Å²) in [7, 11) is 0. The fourth-order valence-corrected chi connectivity index (χ4v) is 3.76. The van der Waals surface area contributed by atoms with Crippen LogP contribution in [0.2, 0.25) is 0 Å². The lowest BCUT2D eigenvalue weighted by Gasteiger charge is -2.45. The molecule has 1 unspecified atom stereocenters. The number of nitrogens with two attached hydrogens (primary N) is 1. The maximum atomic E-state index is 7.01. The van der Waals surface area contributed by atoms with Gasteiger partial charge in [-0.05, 0) is 43.7 Å². The quantitative estimate of drug-likeness (QED) is 0.864. The third-order valence-electron chi connectivity index (χ3n) is 5.73. The van der Waals surface area contributed by atoms with Gasteiger partial charge in [0.05, 0.1) is 0 Å². The van der Waals surface area contributed by atoms with E-state index in [1.807, 2.05) is 0 Å². The van der Waals surface area contributed by atoms with E-state index in [0.29, 0.717) is 5.54 Å². The highest BCUT2D eigenvalue weighted by atomic mass is 15.4. The van der Waals surface area contributed by atoms with Crippen molar-refractivity contribution in [2.24, 2.45) is 11.1 Å². The van der Waals surface area contributed by atoms with Crippen molar-refractivity contribution in [1.82, 2.24) is 4.90 Å². The van der Waals surface area contributed by atoms with Crippen molar-refractivity contribution in [2.45, 2.75) is 57.3 Å². The first-order valence-electron chi connectivity index (χ1n) is 7.15. The highest BCUT2D eigenvalue weighted by Crippen LogP contribution is 2.64. The Bertz CT molecular complexity index is 514. The van der Waals surface area contributed by atoms with Crippen molar-refractivity contribution in [3.05, 3.63) is 35.4 Å². The summed E-state index contributed by atoms with van der Waals surface area (Å²) in [5.74, 6) is 0. The molecule has 2 aliphatic carbocycles. The van der Waals surface area contributed by atoms with Gasteiger partial charge < -0.3 is 5.73 Å². The SMILES string of the molecule is CC1(N2Cc3ccccc3C2(N)C2(C)CC2)CC1. The van der Waals surface area contributed by atoms with Crippen molar-refractivity contribution in [3.8, 4) is 0 Å². The van der Waals surface area contributed by atoms with Crippen LogP contribution in [0, 0.1) is 5.41 Å². The molecular formula is C16H22N2. The number of rotatable bonds is 2. The van der Waals surface area contributed by atoms with Crippen molar-refractivity contribution in [2.75, 3.05) is 0 Å². The molecule has 2 saturated carbocycles. The molecule has 0 spiro atoms. The van der Waals surface area contributed by atoms with Crippen LogP contribution in [0.1, 0.15) is 50.7 Å². The zero-order valence-electron chi connectivity index (χ0n) is 11.4. The molecule has 0 aromatic heterocycles. The zero-order valence-corrected chi connectivity index (χ0v) is 11.4. The summed E-state index contributed by atoms with van der Waals surface area (Å²) >= 11 is 0. The third-order valence-corrected chi connectivity index (χ3v) is 5.73. The van der Waals surface area contributed by atoms with Crippen molar-refractivity contribution < 1.29 is 0 Å². The minimum Gasteiger partial charge on any atom is -0.309 e. The smallest absolute Gasteiger partial charge is 0.102 e. The second kappa shape index (κ2) is 3.00. The molecule has 1 atom stereocenters. The van der Waals surface area contributed by atoms with Crippen LogP contribution in [0.15, 0.2) is 24.3 Å². The summed E-state index contributed by atoms with van der Waals surface area (Å²) in [6, 6.07) is 8.80. The number of nitrogens with zero attached hydrogens (tertiary/aromatic N) is 1. The lowest BCUT2D eigenvalue weighted by Crippen LogP contribution is -2.58. The average Bonchev–Trinajstić information content (AvgIpc) is 3.25. The van der Waals surface area contributed by atoms with Crippen molar-refractivity contribution >= 4 is 0 Å². The second-order valence-electron chi connectivity index (χ2n) is 7.07. The molecule has 2 nitrogen and oxygen atoms in total. The van der Waals surface area contributed by atoms with E-state index in [1.165, 1.54) is 36.8 Å². The first-order chi connectivity index (χ1) is 8.50. The number of benzene rings is 1. The molecule has 0 radical (unpaired) electrons. The monoisotopic (exact) mass is 242 g/mol. The Balaban J connectivity index is 1.89. The lowest BCUT2D eigenvalue weighted by molar-refractivity contribution is -0.00394. The zero-order chi connectivity index (χ0) is 12.6. The average molecular weight is 242 g/mol. The molecule has 2 fully saturated rings. The second-order valence-corrected chi connectivity index (χ2v) is 7.07. The lowest BCUT2D eigenvalue weighted by atomic mass is 9.84. The summed E-state index contributed by atoms with van der Waals surface area (Å²) in [6.07, 6.45) is 5.14. The van der Waals surface area contributed by atoms with E-state index >= 15 is 0 Å². The van der Waals surface area contributed by atoms with E-state index in [9.17, 15) is 0 Å². The van der Waals surface area contributed by atoms with Gasteiger partial charge in [-0.15, -0.1) is 0 Å². The van der Waals surface area contributed by atoms with Crippen LogP contribution in [-0.2, 0) is 12.2 Å². The van der Waals surface area contributed by atoms with Gasteiger partial charge in [0.15, 0.2) is 0 Å². The van der Waals surface area contributed by atoms with Gasteiger partial charge in [0.25, 0.3) is 0 Å². The summed E-state index contributed by atoms with van der Waals surface area (Å²) < 4.78 is 0. The largest absolute Gasteiger partial charge is 0.309 e. The van der Waals surface area contributed by atoms with Gasteiger partial charge in [0, 0.05) is 17.5 Å². The van der Waals surface area contributed by atoms with Gasteiger partial charge >= 0.3 is 0 Å². The van der Waals surface area contributed by atoms with Crippen LogP contribution in [0.3, 0.4) is 0 Å². The Labute approximate surface area is 109 Å². The number of hydrogen-bond acceptors (Lipinski definition) is 2. The molecule has 1 aliphatic heterocycles. The first-order valence-corrected chi connectivity index (χ1v) is 7.15. The summed E-state index contributed by atoms with van der Waals surface area (Å²) in [6.45, 7) is 5.79. The Morgan fingerprint density at radius 2 is 1.72 bits per heavy atom. The molecule has 4 rings (SSSR count). The first kappa shape index (κ1) is 11.0. The Morgan fingerprint density at radius 1 is 1.06 bits per heavy atom. The Kier molecular flexibility index (Phi) is 1.83. The molecule has 0 bridgehead atoms. The summed E-state index contributed by atoms with van der Waals surface area (Å²) in [4.78, 5) is 2.61. The fraction of sp³-hybridized carbons (Fsp3) is 0.625. The van der Waals surface area contributed by atoms with E-state index < -0.39 is 0 Å². The fourth-order valence-electron chi connectivity index (χ4n) is 3.76. The van der Waals surface area contributed by atoms with Gasteiger partial charge in [-0.1, -0.05) is 31.2 Å². The van der Waals surface area contributed by atoms with E-state index in [2.05, 4.69) is 43.0 Å². The molecule has 3 aliphatic rings. The molecule has 1 heterocycles. The van der Waals surface area contributed by atoms with Crippen molar-refractivity contribution in [1.29, 1.82) is 0 Å². The predicted molar refractivity (Wildman–Crippen MR) is 72.8 cm³/mol. The minimum absolute atomic E-state index is 0.227. The van der Waals surface area contributed by atoms with Crippen molar-refractivity contribution in [3.63, 3.8) is 0 Å². The van der Waals surface area contributed by atoms with E-state index in [-0.39, 0.29) is 11.1 Å². The Morgan fingerprint density at radius 3 is 2.33 bits per heavy atom. The third kappa shape index (κ3) is 1.16. The highest BCUT2D eigenvalue weighted by Gasteiger charge is 2.65. The molecule has 2 N–H and O–H groups in total. The van der Waals surface area contributed by atoms with E-state index in [0.717, 1.165) is 6.54 Å². The van der Waals surface area contributed by atoms with Gasteiger partial charge in [-0.3, -0.25) is 4.90 Å². The van der Waals surface area contributed by atoms with Crippen LogP contribution < -0.4 is 5.73 Å². The van der Waals surface area contributed by atoms with Crippen LogP contribution in [0.4, 0.5) is 0 Å². The number of fused-ring (bicyclic) bond motifs is 1. The summed E-state index contributed by atoms with van der Waals surface area (Å²) in [5, 5.41) is 0. The molecule has 0 amide bonds.